The molecule has 7 nitrogen and oxygen atoms in total. The van der Waals surface area contributed by atoms with Gasteiger partial charge >= 0.3 is 0 Å². The molecule has 1 aromatic heterocycles. The van der Waals surface area contributed by atoms with Gasteiger partial charge in [-0.2, -0.15) is 0 Å². The molecule has 0 saturated carbocycles. The quantitative estimate of drug-likeness (QED) is 0.688. The first-order valence-corrected chi connectivity index (χ1v) is 5.87. The zero-order valence-corrected chi connectivity index (χ0v) is 11.1. The highest BCUT2D eigenvalue weighted by Crippen LogP contribution is 1.93. The minimum absolute atomic E-state index is 0.0380. The fourth-order valence-electron chi connectivity index (χ4n) is 1.23. The van der Waals surface area contributed by atoms with Crippen LogP contribution in [0.1, 0.15) is 37.2 Å². The first kappa shape index (κ1) is 14.1. The highest BCUT2D eigenvalue weighted by molar-refractivity contribution is 5.94. The van der Waals surface area contributed by atoms with E-state index < -0.39 is 11.9 Å². The van der Waals surface area contributed by atoms with Crippen LogP contribution in [-0.2, 0) is 4.79 Å². The lowest BCUT2D eigenvalue weighted by molar-refractivity contribution is -0.122. The van der Waals surface area contributed by atoms with E-state index >= 15 is 0 Å². The third-order valence-corrected chi connectivity index (χ3v) is 2.23. The third-order valence-electron chi connectivity index (χ3n) is 2.23. The fraction of sp³-hybridized carbons (Fsp3) is 0.636. The van der Waals surface area contributed by atoms with Crippen molar-refractivity contribution in [2.75, 3.05) is 6.54 Å². The molecule has 18 heavy (non-hydrogen) atoms. The summed E-state index contributed by atoms with van der Waals surface area (Å²) in [6.45, 7) is 7.90. The van der Waals surface area contributed by atoms with Crippen LogP contribution < -0.4 is 10.6 Å². The number of aromatic nitrogens is 3. The summed E-state index contributed by atoms with van der Waals surface area (Å²) >= 11 is 0. The van der Waals surface area contributed by atoms with E-state index in [0.29, 0.717) is 18.3 Å². The van der Waals surface area contributed by atoms with Crippen molar-refractivity contribution in [1.29, 1.82) is 0 Å². The van der Waals surface area contributed by atoms with E-state index in [4.69, 9.17) is 0 Å². The smallest absolute Gasteiger partial charge is 0.291 e. The van der Waals surface area contributed by atoms with E-state index in [0.717, 1.165) is 0 Å². The van der Waals surface area contributed by atoms with Gasteiger partial charge in [0.2, 0.25) is 11.7 Å². The number of rotatable bonds is 5. The number of carbonyl (C=O) groups excluding carboxylic acids is 2. The summed E-state index contributed by atoms with van der Waals surface area (Å²) in [5.41, 5.74) is 0. The second-order valence-electron chi connectivity index (χ2n) is 4.58. The predicted molar refractivity (Wildman–Crippen MR) is 65.9 cm³/mol. The number of aromatic amines is 1. The van der Waals surface area contributed by atoms with E-state index in [1.807, 2.05) is 13.8 Å². The van der Waals surface area contributed by atoms with Crippen molar-refractivity contribution in [2.24, 2.45) is 5.92 Å². The van der Waals surface area contributed by atoms with Gasteiger partial charge in [0.05, 0.1) is 0 Å². The van der Waals surface area contributed by atoms with E-state index in [1.165, 1.54) is 0 Å². The summed E-state index contributed by atoms with van der Waals surface area (Å²) in [4.78, 5) is 27.2. The zero-order valence-electron chi connectivity index (χ0n) is 11.1. The molecule has 0 saturated heterocycles. The number of amides is 2. The van der Waals surface area contributed by atoms with Gasteiger partial charge in [0.15, 0.2) is 0 Å². The second kappa shape index (κ2) is 6.13. The van der Waals surface area contributed by atoms with Gasteiger partial charge < -0.3 is 10.6 Å². The van der Waals surface area contributed by atoms with Gasteiger partial charge in [0, 0.05) is 6.54 Å². The van der Waals surface area contributed by atoms with E-state index in [9.17, 15) is 9.59 Å². The number of H-pyrrole nitrogens is 1. The van der Waals surface area contributed by atoms with Crippen LogP contribution in [0.25, 0.3) is 0 Å². The van der Waals surface area contributed by atoms with Crippen LogP contribution >= 0.6 is 0 Å². The van der Waals surface area contributed by atoms with Gasteiger partial charge in [-0.05, 0) is 19.8 Å². The maximum atomic E-state index is 11.7. The number of hydrogen-bond acceptors (Lipinski definition) is 4. The molecular formula is C11H19N5O2. The Labute approximate surface area is 106 Å². The minimum atomic E-state index is -0.616. The molecule has 0 bridgehead atoms. The van der Waals surface area contributed by atoms with E-state index in [2.05, 4.69) is 25.8 Å². The number of carbonyl (C=O) groups is 2. The maximum absolute atomic E-state index is 11.7. The Morgan fingerprint density at radius 1 is 1.33 bits per heavy atom. The molecule has 0 aliphatic heterocycles. The Balaban J connectivity index is 2.46. The Hall–Kier alpha value is -1.92. The number of hydrogen-bond donors (Lipinski definition) is 3. The van der Waals surface area contributed by atoms with Crippen LogP contribution in [0.4, 0.5) is 0 Å². The molecule has 1 rings (SSSR count). The van der Waals surface area contributed by atoms with Gasteiger partial charge in [-0.3, -0.25) is 14.7 Å². The fourth-order valence-corrected chi connectivity index (χ4v) is 1.23. The lowest BCUT2D eigenvalue weighted by Crippen LogP contribution is -2.45. The molecule has 0 aliphatic rings. The lowest BCUT2D eigenvalue weighted by Gasteiger charge is -2.14. The highest BCUT2D eigenvalue weighted by atomic mass is 16.2. The minimum Gasteiger partial charge on any atom is -0.354 e. The van der Waals surface area contributed by atoms with Crippen LogP contribution in [0, 0.1) is 12.8 Å². The van der Waals surface area contributed by atoms with Gasteiger partial charge in [0.1, 0.15) is 11.9 Å². The number of aryl methyl sites for hydroxylation is 1. The van der Waals surface area contributed by atoms with Crippen molar-refractivity contribution in [2.45, 2.75) is 33.7 Å². The Morgan fingerprint density at radius 2 is 2.00 bits per heavy atom. The molecule has 1 aromatic rings. The molecule has 3 N–H and O–H groups in total. The lowest BCUT2D eigenvalue weighted by atomic mass is 10.2. The first-order valence-electron chi connectivity index (χ1n) is 5.87. The molecule has 0 aromatic carbocycles. The van der Waals surface area contributed by atoms with Gasteiger partial charge in [-0.25, -0.2) is 4.98 Å². The zero-order chi connectivity index (χ0) is 13.7. The average Bonchev–Trinajstić information content (AvgIpc) is 2.72. The van der Waals surface area contributed by atoms with Crippen LogP contribution in [-0.4, -0.2) is 39.6 Å². The van der Waals surface area contributed by atoms with Gasteiger partial charge in [0.25, 0.3) is 5.91 Å². The molecular weight excluding hydrogens is 234 g/mol. The summed E-state index contributed by atoms with van der Waals surface area (Å²) in [6, 6.07) is -0.616. The molecule has 0 aliphatic carbocycles. The molecule has 100 valence electrons. The van der Waals surface area contributed by atoms with Crippen LogP contribution in [0.2, 0.25) is 0 Å². The van der Waals surface area contributed by atoms with E-state index in [-0.39, 0.29) is 11.7 Å². The summed E-state index contributed by atoms with van der Waals surface area (Å²) in [6.07, 6.45) is 0. The Morgan fingerprint density at radius 3 is 2.50 bits per heavy atom. The van der Waals surface area contributed by atoms with Crippen molar-refractivity contribution in [3.63, 3.8) is 0 Å². The Kier molecular flexibility index (Phi) is 4.82. The normalized spacial score (nSPS) is 12.3. The summed E-state index contributed by atoms with van der Waals surface area (Å²) < 4.78 is 0. The molecule has 0 radical (unpaired) electrons. The van der Waals surface area contributed by atoms with Crippen molar-refractivity contribution in [3.05, 3.63) is 11.6 Å². The molecule has 1 unspecified atom stereocenters. The monoisotopic (exact) mass is 253 g/mol. The average molecular weight is 253 g/mol. The molecule has 7 heteroatoms. The maximum Gasteiger partial charge on any atom is 0.291 e. The molecule has 0 spiro atoms. The van der Waals surface area contributed by atoms with E-state index in [1.54, 1.807) is 13.8 Å². The topological polar surface area (TPSA) is 99.8 Å². The molecule has 1 heterocycles. The summed E-state index contributed by atoms with van der Waals surface area (Å²) in [5.74, 6) is 0.274. The number of nitrogens with zero attached hydrogens (tertiary/aromatic N) is 2. The summed E-state index contributed by atoms with van der Waals surface area (Å²) in [5, 5.41) is 11.6. The standard InChI is InChI=1S/C11H19N5O2/c1-6(2)5-12-10(17)7(3)13-11(18)9-14-8(4)15-16-9/h6-7H,5H2,1-4H3,(H,12,17)(H,13,18)(H,14,15,16). The van der Waals surface area contributed by atoms with Gasteiger partial charge in [-0.1, -0.05) is 13.8 Å². The Bertz CT molecular complexity index is 427. The van der Waals surface area contributed by atoms with Crippen molar-refractivity contribution >= 4 is 11.8 Å². The van der Waals surface area contributed by atoms with Gasteiger partial charge in [-0.15, -0.1) is 5.10 Å². The third kappa shape index (κ3) is 4.15. The highest BCUT2D eigenvalue weighted by Gasteiger charge is 2.18. The van der Waals surface area contributed by atoms with Crippen LogP contribution in [0.15, 0.2) is 0 Å². The molecule has 1 atom stereocenters. The molecule has 2 amide bonds. The first-order chi connectivity index (χ1) is 8.40. The predicted octanol–water partition coefficient (Wildman–Crippen LogP) is 0.00362. The summed E-state index contributed by atoms with van der Waals surface area (Å²) in [7, 11) is 0. The van der Waals surface area contributed by atoms with Crippen LogP contribution in [0.5, 0.6) is 0 Å². The SMILES string of the molecule is Cc1nc(C(=O)NC(C)C(=O)NCC(C)C)n[nH]1. The van der Waals surface area contributed by atoms with Crippen molar-refractivity contribution in [3.8, 4) is 0 Å². The number of nitrogens with one attached hydrogen (secondary N) is 3. The van der Waals surface area contributed by atoms with Crippen molar-refractivity contribution < 1.29 is 9.59 Å². The second-order valence-corrected chi connectivity index (χ2v) is 4.58. The largest absolute Gasteiger partial charge is 0.354 e. The van der Waals surface area contributed by atoms with Crippen LogP contribution in [0.3, 0.4) is 0 Å². The molecule has 0 fully saturated rings. The van der Waals surface area contributed by atoms with Crippen molar-refractivity contribution in [1.82, 2.24) is 25.8 Å².